The number of hydrogen-bond acceptors (Lipinski definition) is 3. The van der Waals surface area contributed by atoms with Gasteiger partial charge in [0.05, 0.1) is 17.3 Å². The van der Waals surface area contributed by atoms with E-state index in [2.05, 4.69) is 15.6 Å². The zero-order chi connectivity index (χ0) is 16.6. The Bertz CT molecular complexity index is 763. The van der Waals surface area contributed by atoms with Crippen molar-refractivity contribution >= 4 is 23.3 Å². The third kappa shape index (κ3) is 2.89. The van der Waals surface area contributed by atoms with Crippen LogP contribution in [0.3, 0.4) is 0 Å². The van der Waals surface area contributed by atoms with Gasteiger partial charge < -0.3 is 10.6 Å². The first kappa shape index (κ1) is 14.9. The molecule has 0 spiro atoms. The van der Waals surface area contributed by atoms with Crippen LogP contribution in [0.15, 0.2) is 48.7 Å². The second-order valence-electron chi connectivity index (χ2n) is 6.60. The maximum Gasteiger partial charge on any atom is 0.235 e. The van der Waals surface area contributed by atoms with Crippen LogP contribution in [0.2, 0.25) is 0 Å². The maximum absolute atomic E-state index is 12.6. The normalized spacial score (nSPS) is 17.8. The van der Waals surface area contributed by atoms with Gasteiger partial charge >= 0.3 is 0 Å². The Balaban J connectivity index is 1.42. The zero-order valence-corrected chi connectivity index (χ0v) is 13.3. The van der Waals surface area contributed by atoms with Crippen molar-refractivity contribution in [1.29, 1.82) is 0 Å². The van der Waals surface area contributed by atoms with Gasteiger partial charge in [0, 0.05) is 5.92 Å². The van der Waals surface area contributed by atoms with Crippen molar-refractivity contribution in [2.45, 2.75) is 31.1 Å². The van der Waals surface area contributed by atoms with Crippen LogP contribution in [0.5, 0.6) is 0 Å². The average Bonchev–Trinajstić information content (AvgIpc) is 3.50. The first-order chi connectivity index (χ1) is 11.7. The van der Waals surface area contributed by atoms with Crippen LogP contribution in [0.4, 0.5) is 11.5 Å². The Morgan fingerprint density at radius 1 is 1.00 bits per heavy atom. The lowest BCUT2D eigenvalue weighted by molar-refractivity contribution is -0.118. The Kier molecular flexibility index (Phi) is 3.56. The molecule has 4 rings (SSSR count). The molecule has 1 aromatic carbocycles. The van der Waals surface area contributed by atoms with Gasteiger partial charge in [0.2, 0.25) is 11.8 Å². The molecule has 0 aliphatic heterocycles. The predicted molar refractivity (Wildman–Crippen MR) is 91.6 cm³/mol. The van der Waals surface area contributed by atoms with E-state index in [0.717, 1.165) is 31.2 Å². The Morgan fingerprint density at radius 2 is 1.75 bits per heavy atom. The first-order valence-electron chi connectivity index (χ1n) is 8.31. The Hall–Kier alpha value is -2.69. The van der Waals surface area contributed by atoms with Gasteiger partial charge in [0.25, 0.3) is 0 Å². The highest BCUT2D eigenvalue weighted by atomic mass is 16.2. The van der Waals surface area contributed by atoms with Crippen molar-refractivity contribution in [3.63, 3.8) is 0 Å². The average molecular weight is 321 g/mol. The van der Waals surface area contributed by atoms with Crippen molar-refractivity contribution in [2.24, 2.45) is 5.92 Å². The highest BCUT2D eigenvalue weighted by Gasteiger charge is 2.51. The molecule has 1 heterocycles. The molecule has 2 amide bonds. The number of benzene rings is 1. The highest BCUT2D eigenvalue weighted by Crippen LogP contribution is 2.48. The molecular formula is C19H19N3O2. The number of amides is 2. The van der Waals surface area contributed by atoms with Crippen LogP contribution in [0.25, 0.3) is 0 Å². The number of pyridine rings is 1. The molecule has 0 radical (unpaired) electrons. The quantitative estimate of drug-likeness (QED) is 0.889. The molecule has 122 valence electrons. The van der Waals surface area contributed by atoms with Crippen LogP contribution >= 0.6 is 0 Å². The fourth-order valence-corrected chi connectivity index (χ4v) is 2.90. The Labute approximate surface area is 140 Å². The number of aromatic nitrogens is 1. The van der Waals surface area contributed by atoms with E-state index >= 15 is 0 Å². The number of carbonyl (C=O) groups is 2. The molecule has 2 N–H and O–H groups in total. The van der Waals surface area contributed by atoms with Crippen LogP contribution in [0.1, 0.15) is 31.2 Å². The summed E-state index contributed by atoms with van der Waals surface area (Å²) in [7, 11) is 0. The van der Waals surface area contributed by atoms with E-state index in [1.165, 1.54) is 0 Å². The molecule has 5 heteroatoms. The molecule has 5 nitrogen and oxygen atoms in total. The summed E-state index contributed by atoms with van der Waals surface area (Å²) >= 11 is 0. The summed E-state index contributed by atoms with van der Waals surface area (Å²) in [5.41, 5.74) is 1.30. The van der Waals surface area contributed by atoms with Crippen LogP contribution < -0.4 is 10.6 Å². The number of anilines is 2. The minimum Gasteiger partial charge on any atom is -0.324 e. The fraction of sp³-hybridized carbons (Fsp3) is 0.316. The van der Waals surface area contributed by atoms with Crippen molar-refractivity contribution in [3.05, 3.63) is 54.2 Å². The molecule has 24 heavy (non-hydrogen) atoms. The van der Waals surface area contributed by atoms with Gasteiger partial charge in [-0.2, -0.15) is 0 Å². The lowest BCUT2D eigenvalue weighted by atomic mass is 9.95. The Morgan fingerprint density at radius 3 is 2.33 bits per heavy atom. The van der Waals surface area contributed by atoms with Gasteiger partial charge in [-0.05, 0) is 43.4 Å². The summed E-state index contributed by atoms with van der Waals surface area (Å²) in [5, 5.41) is 5.73. The molecule has 0 unspecified atom stereocenters. The molecule has 2 aliphatic carbocycles. The summed E-state index contributed by atoms with van der Waals surface area (Å²) in [6.45, 7) is 0. The number of hydrogen-bond donors (Lipinski definition) is 2. The SMILES string of the molecule is O=C(Nc1ccc(NC(=O)C2(c3ccccc3)CC2)cn1)C1CC1. The molecule has 0 saturated heterocycles. The molecule has 2 fully saturated rings. The van der Waals surface area contributed by atoms with E-state index in [0.29, 0.717) is 11.5 Å². The lowest BCUT2D eigenvalue weighted by Gasteiger charge is -2.15. The second-order valence-corrected chi connectivity index (χ2v) is 6.60. The largest absolute Gasteiger partial charge is 0.324 e. The molecular weight excluding hydrogens is 302 g/mol. The minimum absolute atomic E-state index is 0.00488. The van der Waals surface area contributed by atoms with E-state index in [4.69, 9.17) is 0 Å². The number of nitrogens with zero attached hydrogens (tertiary/aromatic N) is 1. The van der Waals surface area contributed by atoms with E-state index in [1.807, 2.05) is 30.3 Å². The van der Waals surface area contributed by atoms with E-state index in [1.54, 1.807) is 18.3 Å². The van der Waals surface area contributed by atoms with E-state index < -0.39 is 5.41 Å². The van der Waals surface area contributed by atoms with Gasteiger partial charge in [-0.15, -0.1) is 0 Å². The van der Waals surface area contributed by atoms with Crippen molar-refractivity contribution < 1.29 is 9.59 Å². The third-order valence-corrected chi connectivity index (χ3v) is 4.73. The minimum atomic E-state index is -0.403. The van der Waals surface area contributed by atoms with Crippen LogP contribution in [-0.4, -0.2) is 16.8 Å². The van der Waals surface area contributed by atoms with Gasteiger partial charge in [-0.1, -0.05) is 30.3 Å². The molecule has 0 atom stereocenters. The lowest BCUT2D eigenvalue weighted by Crippen LogP contribution is -2.27. The monoisotopic (exact) mass is 321 g/mol. The predicted octanol–water partition coefficient (Wildman–Crippen LogP) is 3.10. The molecule has 2 aliphatic rings. The van der Waals surface area contributed by atoms with E-state index in [-0.39, 0.29) is 17.7 Å². The molecule has 2 aromatic rings. The van der Waals surface area contributed by atoms with Crippen LogP contribution in [0, 0.1) is 5.92 Å². The third-order valence-electron chi connectivity index (χ3n) is 4.73. The number of carbonyl (C=O) groups excluding carboxylic acids is 2. The number of nitrogens with one attached hydrogen (secondary N) is 2. The number of rotatable bonds is 5. The van der Waals surface area contributed by atoms with Crippen molar-refractivity contribution in [2.75, 3.05) is 10.6 Å². The van der Waals surface area contributed by atoms with Crippen molar-refractivity contribution in [1.82, 2.24) is 4.98 Å². The zero-order valence-electron chi connectivity index (χ0n) is 13.3. The topological polar surface area (TPSA) is 71.1 Å². The molecule has 2 saturated carbocycles. The van der Waals surface area contributed by atoms with Crippen LogP contribution in [-0.2, 0) is 15.0 Å². The summed E-state index contributed by atoms with van der Waals surface area (Å²) in [6, 6.07) is 13.4. The summed E-state index contributed by atoms with van der Waals surface area (Å²) in [5.74, 6) is 0.700. The van der Waals surface area contributed by atoms with Gasteiger partial charge in [0.1, 0.15) is 5.82 Å². The van der Waals surface area contributed by atoms with E-state index in [9.17, 15) is 9.59 Å². The highest BCUT2D eigenvalue weighted by molar-refractivity contribution is 6.01. The molecule has 0 bridgehead atoms. The fourth-order valence-electron chi connectivity index (χ4n) is 2.90. The van der Waals surface area contributed by atoms with Gasteiger partial charge in [-0.25, -0.2) is 4.98 Å². The summed E-state index contributed by atoms with van der Waals surface area (Å²) in [6.07, 6.45) is 5.24. The maximum atomic E-state index is 12.6. The standard InChI is InChI=1S/C19H19N3O2/c23-17(13-6-7-13)22-16-9-8-15(12-20-16)21-18(24)19(10-11-19)14-4-2-1-3-5-14/h1-5,8-9,12-13H,6-7,10-11H2,(H,21,24)(H,20,22,23). The summed E-state index contributed by atoms with van der Waals surface area (Å²) < 4.78 is 0. The molecule has 1 aromatic heterocycles. The van der Waals surface area contributed by atoms with Gasteiger partial charge in [0.15, 0.2) is 0 Å². The first-order valence-corrected chi connectivity index (χ1v) is 8.31. The summed E-state index contributed by atoms with van der Waals surface area (Å²) in [4.78, 5) is 28.6. The van der Waals surface area contributed by atoms with Crippen molar-refractivity contribution in [3.8, 4) is 0 Å². The van der Waals surface area contributed by atoms with Gasteiger partial charge in [-0.3, -0.25) is 9.59 Å². The smallest absolute Gasteiger partial charge is 0.235 e. The second kappa shape index (κ2) is 5.74.